The van der Waals surface area contributed by atoms with Crippen LogP contribution >= 0.6 is 0 Å². The molecule has 3 aromatic rings. The predicted octanol–water partition coefficient (Wildman–Crippen LogP) is 2.59. The van der Waals surface area contributed by atoms with Crippen LogP contribution in [0.3, 0.4) is 0 Å². The molecule has 1 atom stereocenters. The number of nitrogens with zero attached hydrogens (tertiary/aromatic N) is 3. The van der Waals surface area contributed by atoms with Crippen LogP contribution < -0.4 is 10.1 Å². The summed E-state index contributed by atoms with van der Waals surface area (Å²) < 4.78 is 6.92. The molecule has 2 amide bonds. The molecule has 7 nitrogen and oxygen atoms in total. The molecule has 1 aliphatic rings. The van der Waals surface area contributed by atoms with Crippen molar-refractivity contribution in [1.29, 1.82) is 0 Å². The van der Waals surface area contributed by atoms with Crippen LogP contribution in [0.4, 0.5) is 5.69 Å². The molecule has 3 heterocycles. The van der Waals surface area contributed by atoms with E-state index < -0.39 is 6.04 Å². The molecule has 0 bridgehead atoms. The summed E-state index contributed by atoms with van der Waals surface area (Å²) in [6, 6.07) is 12.2. The average Bonchev–Trinajstić information content (AvgIpc) is 3.35. The Balaban J connectivity index is 1.50. The summed E-state index contributed by atoms with van der Waals surface area (Å²) in [7, 11) is 1.59. The van der Waals surface area contributed by atoms with Gasteiger partial charge in [-0.1, -0.05) is 6.07 Å². The monoisotopic (exact) mass is 364 g/mol. The van der Waals surface area contributed by atoms with Gasteiger partial charge in [0.2, 0.25) is 5.91 Å². The molecule has 0 aliphatic carbocycles. The molecule has 0 radical (unpaired) electrons. The van der Waals surface area contributed by atoms with Crippen molar-refractivity contribution in [2.75, 3.05) is 19.0 Å². The predicted molar refractivity (Wildman–Crippen MR) is 101 cm³/mol. The van der Waals surface area contributed by atoms with Crippen molar-refractivity contribution in [2.45, 2.75) is 18.9 Å². The van der Waals surface area contributed by atoms with Crippen LogP contribution in [0.15, 0.2) is 54.9 Å². The molecule has 1 fully saturated rings. The van der Waals surface area contributed by atoms with E-state index in [-0.39, 0.29) is 11.8 Å². The fraction of sp³-hybridized carbons (Fsp3) is 0.250. The molecular formula is C20H20N4O3. The lowest BCUT2D eigenvalue weighted by molar-refractivity contribution is -0.119. The van der Waals surface area contributed by atoms with Gasteiger partial charge in [-0.3, -0.25) is 9.59 Å². The van der Waals surface area contributed by atoms with E-state index in [2.05, 4.69) is 10.3 Å². The number of hydrogen-bond acceptors (Lipinski definition) is 4. The molecule has 0 spiro atoms. The minimum absolute atomic E-state index is 0.185. The van der Waals surface area contributed by atoms with E-state index in [9.17, 15) is 9.59 Å². The van der Waals surface area contributed by atoms with Gasteiger partial charge in [0.25, 0.3) is 5.91 Å². The fourth-order valence-corrected chi connectivity index (χ4v) is 3.37. The molecule has 0 unspecified atom stereocenters. The van der Waals surface area contributed by atoms with Crippen LogP contribution in [0.25, 0.3) is 5.65 Å². The van der Waals surface area contributed by atoms with E-state index in [1.54, 1.807) is 46.9 Å². The van der Waals surface area contributed by atoms with E-state index in [0.29, 0.717) is 30.0 Å². The lowest BCUT2D eigenvalue weighted by atomic mass is 10.2. The van der Waals surface area contributed by atoms with Crippen LogP contribution in [-0.4, -0.2) is 45.8 Å². The molecule has 27 heavy (non-hydrogen) atoms. The van der Waals surface area contributed by atoms with Gasteiger partial charge in [-0.25, -0.2) is 4.98 Å². The second-order valence-corrected chi connectivity index (χ2v) is 6.47. The number of carbonyl (C=O) groups excluding carboxylic acids is 2. The summed E-state index contributed by atoms with van der Waals surface area (Å²) in [6.45, 7) is 0.549. The number of pyridine rings is 1. The molecule has 1 saturated heterocycles. The van der Waals surface area contributed by atoms with Gasteiger partial charge < -0.3 is 19.4 Å². The molecule has 2 aromatic heterocycles. The zero-order valence-corrected chi connectivity index (χ0v) is 15.0. The van der Waals surface area contributed by atoms with E-state index in [0.717, 1.165) is 12.2 Å². The summed E-state index contributed by atoms with van der Waals surface area (Å²) in [5.74, 6) is 0.318. The zero-order valence-electron chi connectivity index (χ0n) is 15.0. The summed E-state index contributed by atoms with van der Waals surface area (Å²) in [4.78, 5) is 31.6. The maximum Gasteiger partial charge on any atom is 0.274 e. The number of nitrogens with one attached hydrogen (secondary N) is 1. The van der Waals surface area contributed by atoms with Crippen LogP contribution in [0, 0.1) is 0 Å². The second-order valence-electron chi connectivity index (χ2n) is 6.47. The van der Waals surface area contributed by atoms with Gasteiger partial charge in [0.15, 0.2) is 0 Å². The van der Waals surface area contributed by atoms with E-state index in [1.165, 1.54) is 0 Å². The van der Waals surface area contributed by atoms with E-state index in [1.807, 2.05) is 24.4 Å². The maximum absolute atomic E-state index is 12.9. The zero-order chi connectivity index (χ0) is 18.8. The van der Waals surface area contributed by atoms with E-state index >= 15 is 0 Å². The van der Waals surface area contributed by atoms with Gasteiger partial charge in [-0.2, -0.15) is 0 Å². The number of likely N-dealkylation sites (tertiary alicyclic amines) is 1. The summed E-state index contributed by atoms with van der Waals surface area (Å²) in [6.07, 6.45) is 4.98. The van der Waals surface area contributed by atoms with Gasteiger partial charge in [-0.15, -0.1) is 0 Å². The van der Waals surface area contributed by atoms with Crippen LogP contribution in [0.1, 0.15) is 23.3 Å². The van der Waals surface area contributed by atoms with Crippen molar-refractivity contribution in [3.05, 3.63) is 60.6 Å². The summed E-state index contributed by atoms with van der Waals surface area (Å²) in [5, 5.41) is 2.88. The molecule has 1 aromatic carbocycles. The number of anilines is 1. The quantitative estimate of drug-likeness (QED) is 0.772. The largest absolute Gasteiger partial charge is 0.497 e. The van der Waals surface area contributed by atoms with Gasteiger partial charge in [0.05, 0.1) is 7.11 Å². The van der Waals surface area contributed by atoms with Gasteiger partial charge in [0, 0.05) is 24.6 Å². The molecule has 0 saturated carbocycles. The van der Waals surface area contributed by atoms with E-state index in [4.69, 9.17) is 4.74 Å². The number of amides is 2. The number of aromatic nitrogens is 2. The van der Waals surface area contributed by atoms with Crippen LogP contribution in [0.2, 0.25) is 0 Å². The number of imidazole rings is 1. The fourth-order valence-electron chi connectivity index (χ4n) is 3.37. The highest BCUT2D eigenvalue weighted by molar-refractivity contribution is 6.01. The molecule has 1 N–H and O–H groups in total. The molecule has 7 heteroatoms. The Bertz CT molecular complexity index is 947. The Hall–Kier alpha value is -3.35. The van der Waals surface area contributed by atoms with Gasteiger partial charge >= 0.3 is 0 Å². The van der Waals surface area contributed by atoms with Crippen molar-refractivity contribution in [3.63, 3.8) is 0 Å². The third kappa shape index (κ3) is 3.36. The number of hydrogen-bond donors (Lipinski definition) is 1. The smallest absolute Gasteiger partial charge is 0.274 e. The highest BCUT2D eigenvalue weighted by Crippen LogP contribution is 2.22. The second kappa shape index (κ2) is 7.11. The first-order valence-electron chi connectivity index (χ1n) is 8.85. The molecule has 138 valence electrons. The van der Waals surface area contributed by atoms with Gasteiger partial charge in [-0.05, 0) is 49.2 Å². The van der Waals surface area contributed by atoms with Gasteiger partial charge in [0.1, 0.15) is 23.1 Å². The number of fused-ring (bicyclic) bond motifs is 1. The Morgan fingerprint density at radius 3 is 2.74 bits per heavy atom. The van der Waals surface area contributed by atoms with Crippen molar-refractivity contribution in [1.82, 2.24) is 14.3 Å². The summed E-state index contributed by atoms with van der Waals surface area (Å²) >= 11 is 0. The lowest BCUT2D eigenvalue weighted by Crippen LogP contribution is -2.43. The molecule has 4 rings (SSSR count). The minimum atomic E-state index is -0.496. The minimum Gasteiger partial charge on any atom is -0.497 e. The number of benzene rings is 1. The highest BCUT2D eigenvalue weighted by Gasteiger charge is 2.35. The maximum atomic E-state index is 12.9. The first-order valence-corrected chi connectivity index (χ1v) is 8.85. The Kier molecular flexibility index (Phi) is 4.50. The first-order chi connectivity index (χ1) is 13.2. The standard InChI is InChI=1S/C20H20N4O3/c1-27-15-9-7-14(8-10-15)21-19(25)17-5-4-12-24(17)20(26)16-13-23-11-3-2-6-18(23)22-16/h2-3,6-11,13,17H,4-5,12H2,1H3,(H,21,25)/t17-/m0/s1. The third-order valence-corrected chi connectivity index (χ3v) is 4.76. The lowest BCUT2D eigenvalue weighted by Gasteiger charge is -2.23. The molecular weight excluding hydrogens is 344 g/mol. The SMILES string of the molecule is COc1ccc(NC(=O)[C@@H]2CCCN2C(=O)c2cn3ccccc3n2)cc1. The first kappa shape index (κ1) is 17.1. The van der Waals surface area contributed by atoms with Crippen molar-refractivity contribution in [2.24, 2.45) is 0 Å². The van der Waals surface area contributed by atoms with Crippen molar-refractivity contribution in [3.8, 4) is 5.75 Å². The summed E-state index contributed by atoms with van der Waals surface area (Å²) in [5.41, 5.74) is 1.73. The Morgan fingerprint density at radius 1 is 1.19 bits per heavy atom. The van der Waals surface area contributed by atoms with Crippen LogP contribution in [0.5, 0.6) is 5.75 Å². The topological polar surface area (TPSA) is 75.9 Å². The number of ether oxygens (including phenoxy) is 1. The molecule has 1 aliphatic heterocycles. The Labute approximate surface area is 156 Å². The number of carbonyl (C=O) groups is 2. The highest BCUT2D eigenvalue weighted by atomic mass is 16.5. The number of rotatable bonds is 4. The third-order valence-electron chi connectivity index (χ3n) is 4.76. The van der Waals surface area contributed by atoms with Crippen molar-refractivity contribution >= 4 is 23.1 Å². The van der Waals surface area contributed by atoms with Crippen molar-refractivity contribution < 1.29 is 14.3 Å². The number of methoxy groups -OCH3 is 1. The van der Waals surface area contributed by atoms with Crippen LogP contribution in [-0.2, 0) is 4.79 Å². The Morgan fingerprint density at radius 2 is 2.00 bits per heavy atom. The average molecular weight is 364 g/mol. The normalized spacial score (nSPS) is 16.5.